The Kier molecular flexibility index (Phi) is 5.43. The molecule has 3 rings (SSSR count). The number of guanidine groups is 1. The number of anilines is 1. The smallest absolute Gasteiger partial charge is 0.193 e. The van der Waals surface area contributed by atoms with Crippen molar-refractivity contribution in [3.63, 3.8) is 0 Å². The molecule has 0 radical (unpaired) electrons. The summed E-state index contributed by atoms with van der Waals surface area (Å²) in [5.41, 5.74) is 7.90. The van der Waals surface area contributed by atoms with Gasteiger partial charge in [0.1, 0.15) is 0 Å². The summed E-state index contributed by atoms with van der Waals surface area (Å²) >= 11 is 5.97. The van der Waals surface area contributed by atoms with Gasteiger partial charge in [0.2, 0.25) is 0 Å². The summed E-state index contributed by atoms with van der Waals surface area (Å²) in [5, 5.41) is 3.81. The van der Waals surface area contributed by atoms with Crippen LogP contribution >= 0.6 is 11.6 Å². The first-order chi connectivity index (χ1) is 11.7. The molecule has 5 nitrogen and oxygen atoms in total. The molecule has 1 aliphatic rings. The lowest BCUT2D eigenvalue weighted by Crippen LogP contribution is -2.23. The van der Waals surface area contributed by atoms with E-state index in [-0.39, 0.29) is 0 Å². The molecule has 126 valence electrons. The number of nitrogens with one attached hydrogen (secondary N) is 1. The van der Waals surface area contributed by atoms with Crippen LogP contribution in [0, 0.1) is 0 Å². The molecule has 2 aromatic rings. The molecule has 0 unspecified atom stereocenters. The number of hydrogen-bond acceptors (Lipinski definition) is 3. The van der Waals surface area contributed by atoms with Gasteiger partial charge in [-0.25, -0.2) is 0 Å². The van der Waals surface area contributed by atoms with E-state index < -0.39 is 0 Å². The molecular weight excluding hydrogens is 326 g/mol. The average Bonchev–Trinajstić information content (AvgIpc) is 2.80. The molecule has 0 amide bonds. The van der Waals surface area contributed by atoms with Crippen molar-refractivity contribution in [2.75, 3.05) is 25.1 Å². The lowest BCUT2D eigenvalue weighted by molar-refractivity contribution is 0.297. The predicted molar refractivity (Wildman–Crippen MR) is 97.3 cm³/mol. The highest BCUT2D eigenvalue weighted by Crippen LogP contribution is 2.32. The summed E-state index contributed by atoms with van der Waals surface area (Å²) in [5.74, 6) is 1.85. The largest absolute Gasteiger partial charge is 0.490 e. The molecule has 24 heavy (non-hydrogen) atoms. The van der Waals surface area contributed by atoms with Crippen molar-refractivity contribution in [1.82, 2.24) is 0 Å². The van der Waals surface area contributed by atoms with Crippen LogP contribution in [0.25, 0.3) is 0 Å². The third kappa shape index (κ3) is 4.55. The van der Waals surface area contributed by atoms with E-state index in [0.29, 0.717) is 25.7 Å². The van der Waals surface area contributed by atoms with E-state index in [1.54, 1.807) is 0 Å². The Morgan fingerprint density at radius 1 is 1.12 bits per heavy atom. The third-order valence-electron chi connectivity index (χ3n) is 3.59. The number of nitrogens with two attached hydrogens (primary N) is 1. The molecule has 0 fully saturated rings. The van der Waals surface area contributed by atoms with Gasteiger partial charge in [-0.15, -0.1) is 0 Å². The zero-order valence-corrected chi connectivity index (χ0v) is 14.1. The minimum absolute atomic E-state index is 0.367. The van der Waals surface area contributed by atoms with Gasteiger partial charge in [-0.3, -0.25) is 4.99 Å². The van der Waals surface area contributed by atoms with Crippen LogP contribution in [-0.2, 0) is 6.42 Å². The van der Waals surface area contributed by atoms with Gasteiger partial charge < -0.3 is 20.5 Å². The van der Waals surface area contributed by atoms with E-state index in [0.717, 1.165) is 40.6 Å². The van der Waals surface area contributed by atoms with Crippen LogP contribution in [-0.4, -0.2) is 25.7 Å². The first-order valence-corrected chi connectivity index (χ1v) is 8.29. The van der Waals surface area contributed by atoms with Gasteiger partial charge in [-0.2, -0.15) is 0 Å². The summed E-state index contributed by atoms with van der Waals surface area (Å²) in [7, 11) is 0. The van der Waals surface area contributed by atoms with Crippen LogP contribution in [0.1, 0.15) is 12.0 Å². The van der Waals surface area contributed by atoms with Gasteiger partial charge >= 0.3 is 0 Å². The molecule has 2 aromatic carbocycles. The molecule has 0 spiro atoms. The average molecular weight is 346 g/mol. The van der Waals surface area contributed by atoms with E-state index in [4.69, 9.17) is 26.8 Å². The maximum atomic E-state index is 5.97. The Morgan fingerprint density at radius 3 is 2.79 bits per heavy atom. The fraction of sp³-hybridized carbons (Fsp3) is 0.278. The van der Waals surface area contributed by atoms with Gasteiger partial charge in [0.05, 0.1) is 13.2 Å². The van der Waals surface area contributed by atoms with Crippen LogP contribution < -0.4 is 20.5 Å². The second kappa shape index (κ2) is 7.93. The highest BCUT2D eigenvalue weighted by atomic mass is 35.5. The van der Waals surface area contributed by atoms with Gasteiger partial charge in [0, 0.05) is 29.7 Å². The normalized spacial score (nSPS) is 14.1. The molecule has 0 saturated heterocycles. The quantitative estimate of drug-likeness (QED) is 0.657. The number of ether oxygens (including phenoxy) is 2. The summed E-state index contributed by atoms with van der Waals surface area (Å²) < 4.78 is 11.3. The number of nitrogens with zero attached hydrogens (tertiary/aromatic N) is 1. The van der Waals surface area contributed by atoms with Gasteiger partial charge in [-0.1, -0.05) is 23.7 Å². The molecule has 0 bridgehead atoms. The molecule has 3 N–H and O–H groups in total. The highest BCUT2D eigenvalue weighted by Gasteiger charge is 2.10. The summed E-state index contributed by atoms with van der Waals surface area (Å²) in [6.07, 6.45) is 1.66. The first-order valence-electron chi connectivity index (χ1n) is 7.92. The van der Waals surface area contributed by atoms with E-state index in [1.165, 1.54) is 0 Å². The molecule has 0 saturated carbocycles. The zero-order valence-electron chi connectivity index (χ0n) is 13.3. The molecule has 0 aliphatic carbocycles. The number of aliphatic imine (C=N–C) groups is 1. The van der Waals surface area contributed by atoms with Crippen molar-refractivity contribution in [3.8, 4) is 11.5 Å². The Balaban J connectivity index is 1.58. The maximum absolute atomic E-state index is 5.97. The molecule has 6 heteroatoms. The van der Waals surface area contributed by atoms with Crippen LogP contribution in [0.15, 0.2) is 47.5 Å². The molecule has 0 aromatic heterocycles. The minimum atomic E-state index is 0.367. The highest BCUT2D eigenvalue weighted by molar-refractivity contribution is 6.30. The standard InChI is InChI=1S/C18H20ClN3O2/c19-14-4-1-3-13(11-14)7-8-21-18(20)22-15-5-6-16-17(12-15)24-10-2-9-23-16/h1,3-6,11-12H,2,7-10H2,(H3,20,21,22). The second-order valence-electron chi connectivity index (χ2n) is 5.48. The van der Waals surface area contributed by atoms with E-state index in [9.17, 15) is 0 Å². The Labute approximate surface area is 146 Å². The number of hydrogen-bond donors (Lipinski definition) is 2. The van der Waals surface area contributed by atoms with E-state index >= 15 is 0 Å². The van der Waals surface area contributed by atoms with Gasteiger partial charge in [0.25, 0.3) is 0 Å². The fourth-order valence-electron chi connectivity index (χ4n) is 2.43. The lowest BCUT2D eigenvalue weighted by atomic mass is 10.1. The number of fused-ring (bicyclic) bond motifs is 1. The third-order valence-corrected chi connectivity index (χ3v) is 3.83. The van der Waals surface area contributed by atoms with Crippen molar-refractivity contribution >= 4 is 23.2 Å². The molecule has 1 aliphatic heterocycles. The Hall–Kier alpha value is -2.40. The topological polar surface area (TPSA) is 68.9 Å². The Morgan fingerprint density at radius 2 is 1.96 bits per heavy atom. The van der Waals surface area contributed by atoms with Crippen molar-refractivity contribution in [3.05, 3.63) is 53.1 Å². The number of rotatable bonds is 4. The lowest BCUT2D eigenvalue weighted by Gasteiger charge is -2.10. The number of halogens is 1. The molecule has 0 atom stereocenters. The first kappa shape index (κ1) is 16.5. The predicted octanol–water partition coefficient (Wildman–Crippen LogP) is 3.47. The van der Waals surface area contributed by atoms with Gasteiger partial charge in [0.15, 0.2) is 17.5 Å². The second-order valence-corrected chi connectivity index (χ2v) is 5.92. The number of benzene rings is 2. The zero-order chi connectivity index (χ0) is 16.8. The molecule has 1 heterocycles. The van der Waals surface area contributed by atoms with Crippen LogP contribution in [0.5, 0.6) is 11.5 Å². The summed E-state index contributed by atoms with van der Waals surface area (Å²) in [6, 6.07) is 13.4. The van der Waals surface area contributed by atoms with Crippen LogP contribution in [0.3, 0.4) is 0 Å². The monoisotopic (exact) mass is 345 g/mol. The van der Waals surface area contributed by atoms with Gasteiger partial charge in [-0.05, 0) is 36.2 Å². The SMILES string of the molecule is NC(=NCCc1cccc(Cl)c1)Nc1ccc2c(c1)OCCCO2. The Bertz CT molecular complexity index is 734. The molecular formula is C18H20ClN3O2. The van der Waals surface area contributed by atoms with Crippen molar-refractivity contribution in [2.45, 2.75) is 12.8 Å². The van der Waals surface area contributed by atoms with Crippen molar-refractivity contribution in [1.29, 1.82) is 0 Å². The van der Waals surface area contributed by atoms with E-state index in [1.807, 2.05) is 42.5 Å². The fourth-order valence-corrected chi connectivity index (χ4v) is 2.64. The maximum Gasteiger partial charge on any atom is 0.193 e. The van der Waals surface area contributed by atoms with E-state index in [2.05, 4.69) is 10.3 Å². The summed E-state index contributed by atoms with van der Waals surface area (Å²) in [4.78, 5) is 4.34. The van der Waals surface area contributed by atoms with Crippen LogP contribution in [0.4, 0.5) is 5.69 Å². The minimum Gasteiger partial charge on any atom is -0.490 e. The summed E-state index contributed by atoms with van der Waals surface area (Å²) in [6.45, 7) is 1.91. The van der Waals surface area contributed by atoms with Crippen molar-refractivity contribution < 1.29 is 9.47 Å². The van der Waals surface area contributed by atoms with Crippen molar-refractivity contribution in [2.24, 2.45) is 10.7 Å². The van der Waals surface area contributed by atoms with Crippen LogP contribution in [0.2, 0.25) is 5.02 Å².